The van der Waals surface area contributed by atoms with Gasteiger partial charge >= 0.3 is 0 Å². The molecule has 7 heteroatoms. The Labute approximate surface area is 169 Å². The van der Waals surface area contributed by atoms with Crippen LogP contribution in [-0.4, -0.2) is 48.1 Å². The number of ether oxygens (including phenoxy) is 1. The van der Waals surface area contributed by atoms with E-state index in [4.69, 9.17) is 4.74 Å². The van der Waals surface area contributed by atoms with Gasteiger partial charge in [-0.2, -0.15) is 0 Å². The standard InChI is InChI=1S/C22H26F2N2O3/c23-17-11-15(12-18(24)13-17)1-4-20(27)25-14-19-5-6-22(29-19)7-9-26(10-8-22)21(28)16-2-3-16/h1,4,11-13,16,19H,2-3,5-10,14H2,(H,25,27). The summed E-state index contributed by atoms with van der Waals surface area (Å²) in [6.07, 6.45) is 8.16. The van der Waals surface area contributed by atoms with Crippen molar-refractivity contribution in [3.05, 3.63) is 41.5 Å². The van der Waals surface area contributed by atoms with Crippen molar-refractivity contribution in [2.75, 3.05) is 19.6 Å². The van der Waals surface area contributed by atoms with E-state index in [0.29, 0.717) is 18.0 Å². The fourth-order valence-corrected chi connectivity index (χ4v) is 4.25. The fraction of sp³-hybridized carbons (Fsp3) is 0.545. The van der Waals surface area contributed by atoms with Crippen LogP contribution in [0.5, 0.6) is 0 Å². The Balaban J connectivity index is 1.21. The Morgan fingerprint density at radius 1 is 1.10 bits per heavy atom. The molecule has 2 heterocycles. The third-order valence-electron chi connectivity index (χ3n) is 6.07. The number of piperidine rings is 1. The molecule has 156 valence electrons. The maximum absolute atomic E-state index is 13.2. The molecule has 1 N–H and O–H groups in total. The van der Waals surface area contributed by atoms with Crippen molar-refractivity contribution in [1.82, 2.24) is 10.2 Å². The predicted octanol–water partition coefficient (Wildman–Crippen LogP) is 3.04. The summed E-state index contributed by atoms with van der Waals surface area (Å²) >= 11 is 0. The molecule has 3 fully saturated rings. The lowest BCUT2D eigenvalue weighted by Crippen LogP contribution is -2.47. The molecule has 5 nitrogen and oxygen atoms in total. The van der Waals surface area contributed by atoms with Gasteiger partial charge in [0.15, 0.2) is 0 Å². The molecule has 3 aliphatic rings. The van der Waals surface area contributed by atoms with Crippen molar-refractivity contribution in [3.8, 4) is 0 Å². The molecule has 4 rings (SSSR count). The molecule has 2 amide bonds. The van der Waals surface area contributed by atoms with Crippen LogP contribution in [0.25, 0.3) is 6.08 Å². The molecule has 1 spiro atoms. The minimum atomic E-state index is -0.681. The molecule has 0 radical (unpaired) electrons. The summed E-state index contributed by atoms with van der Waals surface area (Å²) < 4.78 is 32.6. The number of carbonyl (C=O) groups is 2. The van der Waals surface area contributed by atoms with Crippen molar-refractivity contribution < 1.29 is 23.1 Å². The van der Waals surface area contributed by atoms with E-state index in [1.54, 1.807) is 0 Å². The molecule has 2 saturated heterocycles. The van der Waals surface area contributed by atoms with Crippen LogP contribution < -0.4 is 5.32 Å². The highest BCUT2D eigenvalue weighted by Crippen LogP contribution is 2.40. The minimum Gasteiger partial charge on any atom is -0.370 e. The third kappa shape index (κ3) is 5.01. The zero-order valence-electron chi connectivity index (χ0n) is 16.3. The van der Waals surface area contributed by atoms with E-state index in [1.807, 2.05) is 4.90 Å². The second-order valence-electron chi connectivity index (χ2n) is 8.34. The van der Waals surface area contributed by atoms with Crippen LogP contribution in [0, 0.1) is 17.6 Å². The zero-order valence-corrected chi connectivity index (χ0v) is 16.3. The monoisotopic (exact) mass is 404 g/mol. The molecule has 1 aromatic carbocycles. The van der Waals surface area contributed by atoms with Gasteiger partial charge in [0.1, 0.15) is 11.6 Å². The molecule has 0 bridgehead atoms. The third-order valence-corrected chi connectivity index (χ3v) is 6.07. The van der Waals surface area contributed by atoms with Gasteiger partial charge in [-0.1, -0.05) is 0 Å². The summed E-state index contributed by atoms with van der Waals surface area (Å²) in [4.78, 5) is 26.2. The Kier molecular flexibility index (Phi) is 5.67. The fourth-order valence-electron chi connectivity index (χ4n) is 4.25. The first kappa shape index (κ1) is 20.0. The van der Waals surface area contributed by atoms with Gasteiger partial charge < -0.3 is 15.0 Å². The quantitative estimate of drug-likeness (QED) is 0.768. The number of benzene rings is 1. The Morgan fingerprint density at radius 3 is 2.45 bits per heavy atom. The van der Waals surface area contributed by atoms with Crippen LogP contribution in [0.2, 0.25) is 0 Å². The molecule has 1 unspecified atom stereocenters. The summed E-state index contributed by atoms with van der Waals surface area (Å²) in [5, 5.41) is 2.79. The molecule has 1 aromatic rings. The molecule has 1 atom stereocenters. The number of likely N-dealkylation sites (tertiary alicyclic amines) is 1. The first-order valence-corrected chi connectivity index (χ1v) is 10.3. The largest absolute Gasteiger partial charge is 0.370 e. The second kappa shape index (κ2) is 8.22. The number of amides is 2. The highest BCUT2D eigenvalue weighted by molar-refractivity contribution is 5.91. The SMILES string of the molecule is O=C(C=Cc1cc(F)cc(F)c1)NCC1CCC2(CCN(C(=O)C3CC3)CC2)O1. The average Bonchev–Trinajstić information content (AvgIpc) is 3.47. The minimum absolute atomic E-state index is 0.0513. The van der Waals surface area contributed by atoms with Crippen molar-refractivity contribution in [2.24, 2.45) is 5.92 Å². The maximum atomic E-state index is 13.2. The summed E-state index contributed by atoms with van der Waals surface area (Å²) in [5.41, 5.74) is 0.117. The van der Waals surface area contributed by atoms with Crippen LogP contribution in [0.3, 0.4) is 0 Å². The first-order valence-electron chi connectivity index (χ1n) is 10.3. The van der Waals surface area contributed by atoms with Crippen molar-refractivity contribution in [1.29, 1.82) is 0 Å². The van der Waals surface area contributed by atoms with E-state index in [-0.39, 0.29) is 23.5 Å². The number of halogens is 2. The van der Waals surface area contributed by atoms with Gasteiger partial charge in [0.05, 0.1) is 11.7 Å². The van der Waals surface area contributed by atoms with Gasteiger partial charge in [-0.15, -0.1) is 0 Å². The number of nitrogens with zero attached hydrogens (tertiary/aromatic N) is 1. The average molecular weight is 404 g/mol. The van der Waals surface area contributed by atoms with Gasteiger partial charge in [0, 0.05) is 37.7 Å². The summed E-state index contributed by atoms with van der Waals surface area (Å²) in [5.74, 6) is -1.14. The zero-order chi connectivity index (χ0) is 20.4. The lowest BCUT2D eigenvalue weighted by molar-refractivity contribution is -0.139. The lowest BCUT2D eigenvalue weighted by Gasteiger charge is -2.39. The number of carbonyl (C=O) groups excluding carboxylic acids is 2. The molecule has 0 aromatic heterocycles. The second-order valence-corrected chi connectivity index (χ2v) is 8.34. The molecule has 1 aliphatic carbocycles. The van der Waals surface area contributed by atoms with E-state index >= 15 is 0 Å². The lowest BCUT2D eigenvalue weighted by atomic mass is 9.88. The van der Waals surface area contributed by atoms with Crippen LogP contribution in [0.15, 0.2) is 24.3 Å². The van der Waals surface area contributed by atoms with Crippen LogP contribution in [0.1, 0.15) is 44.1 Å². The predicted molar refractivity (Wildman–Crippen MR) is 104 cm³/mol. The van der Waals surface area contributed by atoms with Crippen LogP contribution in [0.4, 0.5) is 8.78 Å². The highest BCUT2D eigenvalue weighted by atomic mass is 19.1. The Bertz CT molecular complexity index is 794. The Hall–Kier alpha value is -2.28. The molecule has 29 heavy (non-hydrogen) atoms. The summed E-state index contributed by atoms with van der Waals surface area (Å²) in [6, 6.07) is 3.12. The summed E-state index contributed by atoms with van der Waals surface area (Å²) in [7, 11) is 0. The maximum Gasteiger partial charge on any atom is 0.244 e. The number of hydrogen-bond donors (Lipinski definition) is 1. The van der Waals surface area contributed by atoms with E-state index < -0.39 is 11.6 Å². The first-order chi connectivity index (χ1) is 13.9. The van der Waals surface area contributed by atoms with Gasteiger partial charge in [-0.25, -0.2) is 8.78 Å². The van der Waals surface area contributed by atoms with Crippen LogP contribution in [-0.2, 0) is 14.3 Å². The molecular weight excluding hydrogens is 378 g/mol. The summed E-state index contributed by atoms with van der Waals surface area (Å²) in [6.45, 7) is 1.90. The smallest absolute Gasteiger partial charge is 0.244 e. The van der Waals surface area contributed by atoms with E-state index in [0.717, 1.165) is 69.8 Å². The number of nitrogens with one attached hydrogen (secondary N) is 1. The van der Waals surface area contributed by atoms with Gasteiger partial charge in [0.2, 0.25) is 11.8 Å². The molecular formula is C22H26F2N2O3. The molecule has 2 aliphatic heterocycles. The Morgan fingerprint density at radius 2 is 1.79 bits per heavy atom. The normalized spacial score (nSPS) is 23.7. The van der Waals surface area contributed by atoms with Crippen molar-refractivity contribution >= 4 is 17.9 Å². The van der Waals surface area contributed by atoms with Gasteiger partial charge in [-0.3, -0.25) is 9.59 Å². The van der Waals surface area contributed by atoms with E-state index in [1.165, 1.54) is 12.2 Å². The van der Waals surface area contributed by atoms with Crippen molar-refractivity contribution in [2.45, 2.75) is 50.2 Å². The molecule has 1 saturated carbocycles. The van der Waals surface area contributed by atoms with Crippen molar-refractivity contribution in [3.63, 3.8) is 0 Å². The number of rotatable bonds is 5. The topological polar surface area (TPSA) is 58.6 Å². The highest BCUT2D eigenvalue weighted by Gasteiger charge is 2.44. The van der Waals surface area contributed by atoms with E-state index in [2.05, 4.69) is 5.32 Å². The van der Waals surface area contributed by atoms with Crippen LogP contribution >= 0.6 is 0 Å². The van der Waals surface area contributed by atoms with Gasteiger partial charge in [-0.05, 0) is 62.3 Å². The number of hydrogen-bond acceptors (Lipinski definition) is 3. The van der Waals surface area contributed by atoms with E-state index in [9.17, 15) is 18.4 Å². The van der Waals surface area contributed by atoms with Gasteiger partial charge in [0.25, 0.3) is 0 Å².